The quantitative estimate of drug-likeness (QED) is 0.160. The molecule has 2 aliphatic carbocycles. The molecule has 4 atom stereocenters. The van der Waals surface area contributed by atoms with E-state index in [0.717, 1.165) is 58.1 Å². The minimum atomic E-state index is -0.514. The van der Waals surface area contributed by atoms with Crippen LogP contribution in [0.15, 0.2) is 158 Å². The highest BCUT2D eigenvalue weighted by Gasteiger charge is 2.57. The van der Waals surface area contributed by atoms with Gasteiger partial charge in [-0.15, -0.1) is 0 Å². The average molecular weight is 823 g/mol. The smallest absolute Gasteiger partial charge is 0.137 e. The van der Waals surface area contributed by atoms with Gasteiger partial charge in [0.25, 0.3) is 0 Å². The Morgan fingerprint density at radius 1 is 0.597 bits per heavy atom. The summed E-state index contributed by atoms with van der Waals surface area (Å²) in [5, 5.41) is 2.19. The lowest BCUT2D eigenvalue weighted by Crippen LogP contribution is -2.42. The number of fused-ring (bicyclic) bond motifs is 8. The van der Waals surface area contributed by atoms with Crippen LogP contribution in [-0.2, 0) is 10.8 Å². The molecule has 0 spiro atoms. The Morgan fingerprint density at radius 3 is 1.92 bits per heavy atom. The predicted molar refractivity (Wildman–Crippen MR) is 258 cm³/mol. The summed E-state index contributed by atoms with van der Waals surface area (Å²) in [7, 11) is 0. The summed E-state index contributed by atoms with van der Waals surface area (Å²) >= 11 is 0. The third kappa shape index (κ3) is 6.56. The van der Waals surface area contributed by atoms with E-state index in [1.165, 1.54) is 5.56 Å². The Labute approximate surface area is 380 Å². The monoisotopic (exact) mass is 823 g/mol. The molecule has 3 aliphatic rings. The van der Waals surface area contributed by atoms with Crippen molar-refractivity contribution in [1.82, 2.24) is 9.55 Å². The molecule has 3 heterocycles. The standard InChI is InChI=1S/C57H56N4O/c1-56(2,3)41-28-29-58-52(33-41)61-50-23-14-13-20-48(50)49-27-26-44(35-51(49)61)62-45-32-42(57(4,5)6)31-43(34-45)59-36-60(54-40-25-24-39(30-40)53(54)59)55-46(37-16-9-7-10-17-37)21-15-22-47(55)38-18-11-8-12-19-38/h7-23,26-29,31-35,39-40,53-54H,24-25,30,36H2,1-6H3/t39-,40?,53+,54?/m1/s1/i7D,8D,9D,10D,11D,12D,16D,17D,18D,19D. The summed E-state index contributed by atoms with van der Waals surface area (Å²) in [6.07, 6.45) is 4.85. The molecule has 0 radical (unpaired) electrons. The molecule has 2 aromatic heterocycles. The summed E-state index contributed by atoms with van der Waals surface area (Å²) in [5.74, 6) is 2.70. The third-order valence-corrected chi connectivity index (χ3v) is 13.5. The van der Waals surface area contributed by atoms with Crippen LogP contribution >= 0.6 is 0 Å². The third-order valence-electron chi connectivity index (χ3n) is 13.5. The summed E-state index contributed by atoms with van der Waals surface area (Å²) in [5.41, 5.74) is 5.93. The van der Waals surface area contributed by atoms with Gasteiger partial charge < -0.3 is 14.5 Å². The molecule has 310 valence electrons. The average Bonchev–Trinajstić information content (AvgIpc) is 4.15. The number of benzene rings is 6. The van der Waals surface area contributed by atoms with Gasteiger partial charge in [-0.25, -0.2) is 4.98 Å². The summed E-state index contributed by atoms with van der Waals surface area (Å²) in [4.78, 5) is 9.53. The van der Waals surface area contributed by atoms with Crippen LogP contribution in [0.25, 0.3) is 49.9 Å². The first kappa shape index (κ1) is 29.1. The molecule has 2 bridgehead atoms. The van der Waals surface area contributed by atoms with Gasteiger partial charge in [-0.1, -0.05) is 138 Å². The van der Waals surface area contributed by atoms with E-state index in [2.05, 4.69) is 117 Å². The van der Waals surface area contributed by atoms with E-state index >= 15 is 0 Å². The lowest BCUT2D eigenvalue weighted by Gasteiger charge is -2.35. The molecule has 5 nitrogen and oxygen atoms in total. The number of pyridine rings is 1. The number of nitrogens with zero attached hydrogens (tertiary/aromatic N) is 4. The molecule has 6 aromatic carbocycles. The number of hydrogen-bond acceptors (Lipinski definition) is 4. The van der Waals surface area contributed by atoms with Gasteiger partial charge in [0.1, 0.15) is 17.3 Å². The molecule has 1 saturated heterocycles. The van der Waals surface area contributed by atoms with E-state index in [9.17, 15) is 5.48 Å². The van der Waals surface area contributed by atoms with Crippen LogP contribution in [0.5, 0.6) is 11.5 Å². The largest absolute Gasteiger partial charge is 0.457 e. The van der Waals surface area contributed by atoms with Crippen LogP contribution in [-0.4, -0.2) is 28.3 Å². The highest BCUT2D eigenvalue weighted by molar-refractivity contribution is 6.09. The molecule has 2 unspecified atom stereocenters. The van der Waals surface area contributed by atoms with Crippen molar-refractivity contribution in [2.75, 3.05) is 16.5 Å². The first-order valence-electron chi connectivity index (χ1n) is 26.8. The van der Waals surface area contributed by atoms with Gasteiger partial charge in [-0.05, 0) is 107 Å². The molecule has 62 heavy (non-hydrogen) atoms. The Balaban J connectivity index is 1.07. The van der Waals surface area contributed by atoms with Crippen LogP contribution in [0.3, 0.4) is 0 Å². The van der Waals surface area contributed by atoms with Crippen LogP contribution < -0.4 is 14.5 Å². The fourth-order valence-corrected chi connectivity index (χ4v) is 10.6. The molecule has 0 amide bonds. The maximum absolute atomic E-state index is 9.18. The highest BCUT2D eigenvalue weighted by atomic mass is 16.5. The predicted octanol–water partition coefficient (Wildman–Crippen LogP) is 14.4. The van der Waals surface area contributed by atoms with Crippen LogP contribution in [0.1, 0.15) is 85.6 Å². The molecule has 5 heteroatoms. The zero-order valence-corrected chi connectivity index (χ0v) is 36.1. The van der Waals surface area contributed by atoms with Gasteiger partial charge in [-0.2, -0.15) is 0 Å². The normalized spacial score (nSPS) is 22.0. The highest BCUT2D eigenvalue weighted by Crippen LogP contribution is 2.56. The first-order chi connectivity index (χ1) is 34.1. The molecule has 1 aliphatic heterocycles. The van der Waals surface area contributed by atoms with Gasteiger partial charge in [0.05, 0.1) is 49.2 Å². The SMILES string of the molecule is [2H]c1c([2H])c([2H])c(-c2cccc(-c3c([2H])c([2H])c([2H])c([2H])c3[2H])c2N2CN(c3cc(Oc4ccc5c6ccccc6n(-c6cc(C(C)(C)C)ccn6)c5c4)cc(C(C)(C)C)c3)[C@@H]3C2C2CC[C@@H]3C2)c([2H])c1[2H]. The molecule has 0 N–H and O–H groups in total. The van der Waals surface area contributed by atoms with E-state index in [1.807, 2.05) is 18.3 Å². The van der Waals surface area contributed by atoms with Gasteiger partial charge in [0.2, 0.25) is 0 Å². The van der Waals surface area contributed by atoms with Crippen LogP contribution in [0, 0.1) is 11.8 Å². The molecular formula is C57H56N4O. The Morgan fingerprint density at radius 2 is 1.24 bits per heavy atom. The lowest BCUT2D eigenvalue weighted by molar-refractivity contribution is 0.389. The van der Waals surface area contributed by atoms with Gasteiger partial charge in [0, 0.05) is 45.9 Å². The minimum absolute atomic E-state index is 0.00351. The van der Waals surface area contributed by atoms with E-state index < -0.39 is 36.3 Å². The van der Waals surface area contributed by atoms with Crippen molar-refractivity contribution in [2.24, 2.45) is 11.8 Å². The fraction of sp³-hybridized carbons (Fsp3) is 0.281. The van der Waals surface area contributed by atoms with Crippen molar-refractivity contribution in [3.05, 3.63) is 169 Å². The molecule has 8 aromatic rings. The van der Waals surface area contributed by atoms with E-state index in [4.69, 9.17) is 17.9 Å². The van der Waals surface area contributed by atoms with Crippen molar-refractivity contribution in [2.45, 2.75) is 83.7 Å². The number of ether oxygens (including phenoxy) is 1. The van der Waals surface area contributed by atoms with Crippen molar-refractivity contribution in [1.29, 1.82) is 0 Å². The Kier molecular flexibility index (Phi) is 6.87. The van der Waals surface area contributed by atoms with Crippen molar-refractivity contribution in [3.8, 4) is 39.6 Å². The Hall–Kier alpha value is -6.33. The number of hydrogen-bond donors (Lipinski definition) is 0. The summed E-state index contributed by atoms with van der Waals surface area (Å²) in [6, 6.07) is 25.8. The van der Waals surface area contributed by atoms with E-state index in [0.29, 0.717) is 40.9 Å². The van der Waals surface area contributed by atoms with Crippen molar-refractivity contribution in [3.63, 3.8) is 0 Å². The number of aromatic nitrogens is 2. The van der Waals surface area contributed by atoms with Crippen molar-refractivity contribution < 1.29 is 18.4 Å². The number of rotatable bonds is 7. The molecule has 11 rings (SSSR count). The molecular weight excluding hydrogens is 757 g/mol. The van der Waals surface area contributed by atoms with Gasteiger partial charge >= 0.3 is 0 Å². The molecule has 2 saturated carbocycles. The maximum atomic E-state index is 9.18. The maximum Gasteiger partial charge on any atom is 0.137 e. The van der Waals surface area contributed by atoms with Crippen LogP contribution in [0.2, 0.25) is 0 Å². The second-order valence-corrected chi connectivity index (χ2v) is 19.3. The van der Waals surface area contributed by atoms with Gasteiger partial charge in [-0.3, -0.25) is 4.57 Å². The van der Waals surface area contributed by atoms with Crippen LogP contribution in [0.4, 0.5) is 11.4 Å². The first-order valence-corrected chi connectivity index (χ1v) is 21.8. The second kappa shape index (κ2) is 14.7. The summed E-state index contributed by atoms with van der Waals surface area (Å²) < 4.78 is 97.6. The zero-order valence-electron chi connectivity index (χ0n) is 46.1. The number of para-hydroxylation sites is 2. The zero-order chi connectivity index (χ0) is 51.0. The Bertz CT molecular complexity index is 3410. The van der Waals surface area contributed by atoms with E-state index in [-0.39, 0.29) is 64.1 Å². The second-order valence-electron chi connectivity index (χ2n) is 19.3. The fourth-order valence-electron chi connectivity index (χ4n) is 10.6. The minimum Gasteiger partial charge on any atom is -0.457 e. The summed E-state index contributed by atoms with van der Waals surface area (Å²) in [6.45, 7) is 13.4. The molecule has 3 fully saturated rings. The van der Waals surface area contributed by atoms with Crippen molar-refractivity contribution >= 4 is 33.2 Å². The topological polar surface area (TPSA) is 33.5 Å². The number of anilines is 2. The lowest BCUT2D eigenvalue weighted by atomic mass is 9.86. The van der Waals surface area contributed by atoms with E-state index in [1.54, 1.807) is 18.2 Å². The van der Waals surface area contributed by atoms with Gasteiger partial charge in [0.15, 0.2) is 0 Å².